The summed E-state index contributed by atoms with van der Waals surface area (Å²) in [7, 11) is 0. The minimum Gasteiger partial charge on any atom is -0.375 e. The molecule has 0 aliphatic carbocycles. The number of amides is 1. The van der Waals surface area contributed by atoms with Crippen molar-refractivity contribution in [3.63, 3.8) is 0 Å². The molecule has 2 rings (SSSR count). The van der Waals surface area contributed by atoms with Crippen molar-refractivity contribution >= 4 is 17.3 Å². The number of rotatable bonds is 2. The van der Waals surface area contributed by atoms with Crippen LogP contribution in [-0.4, -0.2) is 31.7 Å². The van der Waals surface area contributed by atoms with Crippen LogP contribution in [0, 0.1) is 0 Å². The third kappa shape index (κ3) is 3.20. The van der Waals surface area contributed by atoms with Crippen LogP contribution in [0.5, 0.6) is 0 Å². The topological polar surface area (TPSA) is 41.6 Å². The Balaban J connectivity index is 2.04. The second-order valence-corrected chi connectivity index (χ2v) is 4.36. The first-order valence-corrected chi connectivity index (χ1v) is 5.89. The van der Waals surface area contributed by atoms with Gasteiger partial charge >= 0.3 is 0 Å². The Morgan fingerprint density at radius 2 is 2.12 bits per heavy atom. The number of hydrogen-bond acceptors (Lipinski definition) is 3. The van der Waals surface area contributed by atoms with Crippen molar-refractivity contribution < 1.29 is 9.53 Å². The van der Waals surface area contributed by atoms with Crippen LogP contribution < -0.4 is 10.2 Å². The van der Waals surface area contributed by atoms with Gasteiger partial charge in [0, 0.05) is 31.4 Å². The quantitative estimate of drug-likeness (QED) is 0.849. The third-order valence-electron chi connectivity index (χ3n) is 2.79. The Bertz CT molecular complexity index is 389. The highest BCUT2D eigenvalue weighted by atomic mass is 16.5. The van der Waals surface area contributed by atoms with Crippen LogP contribution in [-0.2, 0) is 9.53 Å². The molecule has 0 aromatic heterocycles. The Morgan fingerprint density at radius 1 is 1.41 bits per heavy atom. The lowest BCUT2D eigenvalue weighted by Crippen LogP contribution is -2.41. The highest BCUT2D eigenvalue weighted by Crippen LogP contribution is 2.20. The molecular weight excluding hydrogens is 216 g/mol. The van der Waals surface area contributed by atoms with Gasteiger partial charge in [0.25, 0.3) is 0 Å². The zero-order chi connectivity index (χ0) is 12.3. The number of morpholine rings is 1. The van der Waals surface area contributed by atoms with Crippen LogP contribution in [0.4, 0.5) is 11.4 Å². The number of anilines is 2. The summed E-state index contributed by atoms with van der Waals surface area (Å²) in [5.41, 5.74) is 2.01. The lowest BCUT2D eigenvalue weighted by atomic mass is 10.2. The molecule has 4 nitrogen and oxygen atoms in total. The van der Waals surface area contributed by atoms with Gasteiger partial charge in [-0.3, -0.25) is 4.79 Å². The zero-order valence-corrected chi connectivity index (χ0v) is 10.3. The molecule has 0 saturated carbocycles. The summed E-state index contributed by atoms with van der Waals surface area (Å²) in [5, 5.41) is 2.76. The van der Waals surface area contributed by atoms with Crippen molar-refractivity contribution in [1.29, 1.82) is 0 Å². The van der Waals surface area contributed by atoms with E-state index in [1.54, 1.807) is 0 Å². The molecule has 0 radical (unpaired) electrons. The highest BCUT2D eigenvalue weighted by Gasteiger charge is 2.16. The fraction of sp³-hybridized carbons (Fsp3) is 0.462. The maximum Gasteiger partial charge on any atom is 0.221 e. The van der Waals surface area contributed by atoms with Gasteiger partial charge in [0.2, 0.25) is 5.91 Å². The average molecular weight is 234 g/mol. The predicted octanol–water partition coefficient (Wildman–Crippen LogP) is 1.87. The average Bonchev–Trinajstić information content (AvgIpc) is 2.29. The van der Waals surface area contributed by atoms with E-state index in [2.05, 4.69) is 17.1 Å². The molecule has 1 heterocycles. The van der Waals surface area contributed by atoms with Crippen LogP contribution in [0.1, 0.15) is 13.8 Å². The first kappa shape index (κ1) is 11.9. The van der Waals surface area contributed by atoms with E-state index in [0.29, 0.717) is 0 Å². The van der Waals surface area contributed by atoms with Gasteiger partial charge in [-0.1, -0.05) is 0 Å². The smallest absolute Gasteiger partial charge is 0.221 e. The highest BCUT2D eigenvalue weighted by molar-refractivity contribution is 5.88. The number of ether oxygens (including phenoxy) is 1. The van der Waals surface area contributed by atoms with Crippen molar-refractivity contribution in [1.82, 2.24) is 0 Å². The summed E-state index contributed by atoms with van der Waals surface area (Å²) in [6, 6.07) is 7.92. The molecule has 1 unspecified atom stereocenters. The Morgan fingerprint density at radius 3 is 2.71 bits per heavy atom. The number of hydrogen-bond donors (Lipinski definition) is 1. The first-order chi connectivity index (χ1) is 8.15. The summed E-state index contributed by atoms with van der Waals surface area (Å²) in [6.07, 6.45) is 0.277. The second-order valence-electron chi connectivity index (χ2n) is 4.36. The summed E-state index contributed by atoms with van der Waals surface area (Å²) >= 11 is 0. The molecule has 1 atom stereocenters. The van der Waals surface area contributed by atoms with E-state index in [9.17, 15) is 4.79 Å². The molecule has 1 N–H and O–H groups in total. The van der Waals surface area contributed by atoms with E-state index in [1.807, 2.05) is 24.3 Å². The SMILES string of the molecule is CC(=O)Nc1ccc(N2CCOC(C)C2)cc1. The predicted molar refractivity (Wildman–Crippen MR) is 68.4 cm³/mol. The molecular formula is C13H18N2O2. The molecule has 1 aromatic rings. The molecule has 1 amide bonds. The number of carbonyl (C=O) groups is 1. The van der Waals surface area contributed by atoms with Crippen molar-refractivity contribution in [2.45, 2.75) is 20.0 Å². The maximum atomic E-state index is 10.9. The molecule has 92 valence electrons. The van der Waals surface area contributed by atoms with E-state index < -0.39 is 0 Å². The number of nitrogens with one attached hydrogen (secondary N) is 1. The maximum absolute atomic E-state index is 10.9. The van der Waals surface area contributed by atoms with E-state index >= 15 is 0 Å². The van der Waals surface area contributed by atoms with Crippen molar-refractivity contribution in [2.75, 3.05) is 29.9 Å². The molecule has 4 heteroatoms. The first-order valence-electron chi connectivity index (χ1n) is 5.89. The molecule has 1 aliphatic heterocycles. The Hall–Kier alpha value is -1.55. The Labute approximate surface area is 102 Å². The van der Waals surface area contributed by atoms with Gasteiger partial charge in [0.1, 0.15) is 0 Å². The molecule has 1 aromatic carbocycles. The fourth-order valence-electron chi connectivity index (χ4n) is 2.01. The van der Waals surface area contributed by atoms with E-state index in [-0.39, 0.29) is 12.0 Å². The minimum absolute atomic E-state index is 0.0438. The van der Waals surface area contributed by atoms with Gasteiger partial charge in [-0.25, -0.2) is 0 Å². The molecule has 1 saturated heterocycles. The normalized spacial score (nSPS) is 20.1. The van der Waals surface area contributed by atoms with Gasteiger partial charge < -0.3 is 15.0 Å². The van der Waals surface area contributed by atoms with Gasteiger partial charge in [0.05, 0.1) is 12.7 Å². The van der Waals surface area contributed by atoms with Gasteiger partial charge in [-0.05, 0) is 31.2 Å². The van der Waals surface area contributed by atoms with E-state index in [1.165, 1.54) is 12.6 Å². The Kier molecular flexibility index (Phi) is 3.64. The number of carbonyl (C=O) groups excluding carboxylic acids is 1. The molecule has 0 bridgehead atoms. The van der Waals surface area contributed by atoms with E-state index in [4.69, 9.17) is 4.74 Å². The largest absolute Gasteiger partial charge is 0.375 e. The second kappa shape index (κ2) is 5.19. The van der Waals surface area contributed by atoms with Crippen LogP contribution in [0.2, 0.25) is 0 Å². The third-order valence-corrected chi connectivity index (χ3v) is 2.79. The summed E-state index contributed by atoms with van der Waals surface area (Å²) in [4.78, 5) is 13.2. The molecule has 0 spiro atoms. The summed E-state index contributed by atoms with van der Waals surface area (Å²) < 4.78 is 5.51. The zero-order valence-electron chi connectivity index (χ0n) is 10.3. The number of benzene rings is 1. The van der Waals surface area contributed by atoms with Gasteiger partial charge in [-0.15, -0.1) is 0 Å². The van der Waals surface area contributed by atoms with Gasteiger partial charge in [0.15, 0.2) is 0 Å². The molecule has 1 fully saturated rings. The molecule has 1 aliphatic rings. The minimum atomic E-state index is -0.0438. The van der Waals surface area contributed by atoms with Crippen LogP contribution in [0.15, 0.2) is 24.3 Å². The van der Waals surface area contributed by atoms with Crippen molar-refractivity contribution in [2.24, 2.45) is 0 Å². The van der Waals surface area contributed by atoms with E-state index in [0.717, 1.165) is 25.4 Å². The number of nitrogens with zero attached hydrogens (tertiary/aromatic N) is 1. The lowest BCUT2D eigenvalue weighted by molar-refractivity contribution is -0.114. The van der Waals surface area contributed by atoms with Gasteiger partial charge in [-0.2, -0.15) is 0 Å². The fourth-order valence-corrected chi connectivity index (χ4v) is 2.01. The monoisotopic (exact) mass is 234 g/mol. The van der Waals surface area contributed by atoms with Crippen LogP contribution in [0.25, 0.3) is 0 Å². The van der Waals surface area contributed by atoms with Crippen molar-refractivity contribution in [3.8, 4) is 0 Å². The lowest BCUT2D eigenvalue weighted by Gasteiger charge is -2.33. The summed E-state index contributed by atoms with van der Waals surface area (Å²) in [5.74, 6) is -0.0438. The van der Waals surface area contributed by atoms with Crippen LogP contribution in [0.3, 0.4) is 0 Å². The standard InChI is InChI=1S/C13H18N2O2/c1-10-9-15(7-8-17-10)13-5-3-12(4-6-13)14-11(2)16/h3-6,10H,7-9H2,1-2H3,(H,14,16). The summed E-state index contributed by atoms with van der Waals surface area (Å²) in [6.45, 7) is 6.20. The van der Waals surface area contributed by atoms with Crippen LogP contribution >= 0.6 is 0 Å². The van der Waals surface area contributed by atoms with Crippen molar-refractivity contribution in [3.05, 3.63) is 24.3 Å². The molecule has 17 heavy (non-hydrogen) atoms.